The molecule has 0 atom stereocenters. The molecular weight excluding hydrogens is 262 g/mol. The van der Waals surface area contributed by atoms with Gasteiger partial charge in [-0.25, -0.2) is 4.68 Å². The van der Waals surface area contributed by atoms with Crippen molar-refractivity contribution in [3.63, 3.8) is 0 Å². The summed E-state index contributed by atoms with van der Waals surface area (Å²) in [6.45, 7) is 4.80. The quantitative estimate of drug-likeness (QED) is 0.916. The van der Waals surface area contributed by atoms with Crippen molar-refractivity contribution < 1.29 is 4.79 Å². The third-order valence-electron chi connectivity index (χ3n) is 3.78. The van der Waals surface area contributed by atoms with Gasteiger partial charge in [-0.15, -0.1) is 0 Å². The second-order valence-corrected chi connectivity index (χ2v) is 5.73. The highest BCUT2D eigenvalue weighted by molar-refractivity contribution is 5.92. The van der Waals surface area contributed by atoms with Gasteiger partial charge in [-0.1, -0.05) is 24.6 Å². The number of aryl methyl sites for hydroxylation is 1. The largest absolute Gasteiger partial charge is 0.351 e. The highest BCUT2D eigenvalue weighted by Crippen LogP contribution is 2.41. The van der Waals surface area contributed by atoms with Gasteiger partial charge in [0.05, 0.1) is 5.69 Å². The maximum Gasteiger partial charge on any atom is 0.271 e. The average molecular weight is 283 g/mol. The van der Waals surface area contributed by atoms with Crippen LogP contribution in [0.3, 0.4) is 0 Å². The van der Waals surface area contributed by atoms with Crippen molar-refractivity contribution in [2.45, 2.75) is 39.0 Å². The Morgan fingerprint density at radius 3 is 2.67 bits per heavy atom. The molecule has 1 aromatic carbocycles. The Labute approximate surface area is 125 Å². The molecule has 0 radical (unpaired) electrons. The minimum absolute atomic E-state index is 0.0791. The summed E-state index contributed by atoms with van der Waals surface area (Å²) >= 11 is 0. The number of benzene rings is 1. The molecule has 2 aromatic rings. The van der Waals surface area contributed by atoms with Crippen molar-refractivity contribution in [2.24, 2.45) is 0 Å². The van der Waals surface area contributed by atoms with E-state index in [-0.39, 0.29) is 5.91 Å². The van der Waals surface area contributed by atoms with Gasteiger partial charge in [-0.3, -0.25) is 4.79 Å². The van der Waals surface area contributed by atoms with E-state index in [1.165, 1.54) is 18.4 Å². The van der Waals surface area contributed by atoms with Gasteiger partial charge >= 0.3 is 0 Å². The Morgan fingerprint density at radius 1 is 1.33 bits per heavy atom. The number of hydrogen-bond donors (Lipinski definition) is 1. The van der Waals surface area contributed by atoms with Crippen LogP contribution in [0.4, 0.5) is 0 Å². The van der Waals surface area contributed by atoms with E-state index in [1.807, 2.05) is 17.7 Å². The summed E-state index contributed by atoms with van der Waals surface area (Å²) in [5.74, 6) is 0.469. The number of nitrogens with one attached hydrogen (secondary N) is 1. The lowest BCUT2D eigenvalue weighted by molar-refractivity contribution is 0.0948. The topological polar surface area (TPSA) is 46.9 Å². The van der Waals surface area contributed by atoms with Crippen LogP contribution < -0.4 is 5.32 Å². The van der Waals surface area contributed by atoms with Crippen LogP contribution in [0.2, 0.25) is 0 Å². The number of rotatable bonds is 5. The maximum absolute atomic E-state index is 12.1. The van der Waals surface area contributed by atoms with E-state index in [0.717, 1.165) is 17.8 Å². The summed E-state index contributed by atoms with van der Waals surface area (Å²) in [5, 5.41) is 7.42. The molecule has 1 N–H and O–H groups in total. The first-order valence-electron chi connectivity index (χ1n) is 7.64. The Kier molecular flexibility index (Phi) is 3.78. The van der Waals surface area contributed by atoms with Gasteiger partial charge in [0.1, 0.15) is 0 Å². The van der Waals surface area contributed by atoms with Gasteiger partial charge in [-0.2, -0.15) is 5.10 Å². The molecule has 1 aliphatic rings. The van der Waals surface area contributed by atoms with Gasteiger partial charge in [0, 0.05) is 18.2 Å². The second kappa shape index (κ2) is 5.72. The van der Waals surface area contributed by atoms with Gasteiger partial charge in [0.2, 0.25) is 0 Å². The first kappa shape index (κ1) is 13.9. The lowest BCUT2D eigenvalue weighted by Gasteiger charge is -2.06. The molecule has 1 aromatic heterocycles. The van der Waals surface area contributed by atoms with E-state index < -0.39 is 0 Å². The first-order chi connectivity index (χ1) is 10.2. The summed E-state index contributed by atoms with van der Waals surface area (Å²) in [7, 11) is 0. The minimum Gasteiger partial charge on any atom is -0.351 e. The average Bonchev–Trinajstić information content (AvgIpc) is 3.24. The summed E-state index contributed by atoms with van der Waals surface area (Å²) in [6, 6.07) is 10.2. The van der Waals surface area contributed by atoms with Gasteiger partial charge < -0.3 is 5.32 Å². The molecule has 1 aliphatic carbocycles. The van der Waals surface area contributed by atoms with Crippen LogP contribution in [-0.2, 0) is 0 Å². The smallest absolute Gasteiger partial charge is 0.271 e. The lowest BCUT2D eigenvalue weighted by atomic mass is 10.2. The molecule has 1 saturated carbocycles. The lowest BCUT2D eigenvalue weighted by Crippen LogP contribution is -2.24. The zero-order chi connectivity index (χ0) is 14.8. The molecule has 0 spiro atoms. The molecule has 110 valence electrons. The minimum atomic E-state index is -0.0791. The molecular formula is C17H21N3O. The third kappa shape index (κ3) is 2.99. The molecule has 0 bridgehead atoms. The van der Waals surface area contributed by atoms with E-state index in [1.54, 1.807) is 0 Å². The zero-order valence-electron chi connectivity index (χ0n) is 12.6. The maximum atomic E-state index is 12.1. The molecule has 0 aliphatic heterocycles. The highest BCUT2D eigenvalue weighted by atomic mass is 16.1. The van der Waals surface area contributed by atoms with Crippen LogP contribution in [0.5, 0.6) is 0 Å². The predicted molar refractivity (Wildman–Crippen MR) is 82.9 cm³/mol. The van der Waals surface area contributed by atoms with Crippen LogP contribution in [0.25, 0.3) is 5.69 Å². The molecule has 1 fully saturated rings. The highest BCUT2D eigenvalue weighted by Gasteiger charge is 2.29. The normalized spacial score (nSPS) is 14.2. The van der Waals surface area contributed by atoms with E-state index in [4.69, 9.17) is 0 Å². The molecule has 0 unspecified atom stereocenters. The molecule has 0 saturated heterocycles. The molecule has 1 heterocycles. The van der Waals surface area contributed by atoms with Crippen LogP contribution in [0.15, 0.2) is 30.3 Å². The number of carbonyl (C=O) groups is 1. The fraction of sp³-hybridized carbons (Fsp3) is 0.412. The van der Waals surface area contributed by atoms with Crippen LogP contribution in [0, 0.1) is 6.92 Å². The van der Waals surface area contributed by atoms with Crippen molar-refractivity contribution in [1.29, 1.82) is 0 Å². The number of amides is 1. The number of carbonyl (C=O) groups excluding carboxylic acids is 1. The first-order valence-corrected chi connectivity index (χ1v) is 7.64. The van der Waals surface area contributed by atoms with Crippen LogP contribution in [-0.4, -0.2) is 22.2 Å². The van der Waals surface area contributed by atoms with E-state index in [0.29, 0.717) is 18.2 Å². The molecule has 1 amide bonds. The molecule has 3 rings (SSSR count). The van der Waals surface area contributed by atoms with Crippen molar-refractivity contribution in [3.05, 3.63) is 47.3 Å². The van der Waals surface area contributed by atoms with Crippen molar-refractivity contribution >= 4 is 5.91 Å². The molecule has 4 heteroatoms. The zero-order valence-corrected chi connectivity index (χ0v) is 12.6. The monoisotopic (exact) mass is 283 g/mol. The fourth-order valence-electron chi connectivity index (χ4n) is 2.40. The Balaban J connectivity index is 1.93. The molecule has 21 heavy (non-hydrogen) atoms. The Bertz CT molecular complexity index is 639. The number of hydrogen-bond acceptors (Lipinski definition) is 2. The van der Waals surface area contributed by atoms with E-state index >= 15 is 0 Å². The summed E-state index contributed by atoms with van der Waals surface area (Å²) in [5.41, 5.74) is 3.92. The number of aromatic nitrogens is 2. The Morgan fingerprint density at radius 2 is 2.05 bits per heavy atom. The van der Waals surface area contributed by atoms with E-state index in [2.05, 4.69) is 41.6 Å². The van der Waals surface area contributed by atoms with Gasteiger partial charge in [0.15, 0.2) is 5.69 Å². The standard InChI is InChI=1S/C17H21N3O/c1-3-10-18-17(21)15-11-16(13-6-7-13)20(19-15)14-8-4-12(2)5-9-14/h4-5,8-9,11,13H,3,6-7,10H2,1-2H3,(H,18,21). The second-order valence-electron chi connectivity index (χ2n) is 5.73. The van der Waals surface area contributed by atoms with Gasteiger partial charge in [0.25, 0.3) is 5.91 Å². The summed E-state index contributed by atoms with van der Waals surface area (Å²) in [6.07, 6.45) is 3.31. The Hall–Kier alpha value is -2.10. The third-order valence-corrected chi connectivity index (χ3v) is 3.78. The van der Waals surface area contributed by atoms with Crippen LogP contribution >= 0.6 is 0 Å². The van der Waals surface area contributed by atoms with Crippen molar-refractivity contribution in [1.82, 2.24) is 15.1 Å². The summed E-state index contributed by atoms with van der Waals surface area (Å²) in [4.78, 5) is 12.1. The summed E-state index contributed by atoms with van der Waals surface area (Å²) < 4.78 is 1.93. The predicted octanol–water partition coefficient (Wildman–Crippen LogP) is 3.20. The van der Waals surface area contributed by atoms with Crippen LogP contribution in [0.1, 0.15) is 53.8 Å². The SMILES string of the molecule is CCCNC(=O)c1cc(C2CC2)n(-c2ccc(C)cc2)n1. The number of nitrogens with zero attached hydrogens (tertiary/aromatic N) is 2. The fourth-order valence-corrected chi connectivity index (χ4v) is 2.40. The van der Waals surface area contributed by atoms with Gasteiger partial charge in [-0.05, 0) is 44.4 Å². The molecule has 4 nitrogen and oxygen atoms in total. The van der Waals surface area contributed by atoms with Crippen molar-refractivity contribution in [2.75, 3.05) is 6.54 Å². The van der Waals surface area contributed by atoms with Crippen molar-refractivity contribution in [3.8, 4) is 5.69 Å². The van der Waals surface area contributed by atoms with E-state index in [9.17, 15) is 4.79 Å².